The molecule has 2 aliphatic heterocycles. The minimum atomic E-state index is -3.73. The van der Waals surface area contributed by atoms with Crippen LogP contribution in [0.25, 0.3) is 0 Å². The summed E-state index contributed by atoms with van der Waals surface area (Å²) in [5.41, 5.74) is 1.68. The van der Waals surface area contributed by atoms with Gasteiger partial charge in [0.15, 0.2) is 0 Å². The number of hydrogen-bond acceptors (Lipinski definition) is 4. The predicted molar refractivity (Wildman–Crippen MR) is 98.8 cm³/mol. The maximum atomic E-state index is 13.3. The Kier molecular flexibility index (Phi) is 5.74. The lowest BCUT2D eigenvalue weighted by atomic mass is 10.2. The van der Waals surface area contributed by atoms with Gasteiger partial charge in [-0.2, -0.15) is 4.31 Å². The van der Waals surface area contributed by atoms with E-state index in [4.69, 9.17) is 4.74 Å². The summed E-state index contributed by atoms with van der Waals surface area (Å²) in [7, 11) is -1.91. The number of carbonyl (C=O) groups is 1. The van der Waals surface area contributed by atoms with Crippen LogP contribution in [-0.4, -0.2) is 67.5 Å². The average molecular weight is 384 g/mol. The molecule has 2 aliphatic rings. The van der Waals surface area contributed by atoms with Crippen molar-refractivity contribution in [2.24, 2.45) is 7.05 Å². The minimum absolute atomic E-state index is 0.153. The second-order valence-electron chi connectivity index (χ2n) is 7.16. The molecule has 0 bridgehead atoms. The predicted octanol–water partition coefficient (Wildman–Crippen LogP) is 1.68. The fraction of sp³-hybridized carbons (Fsp3) is 0.722. The van der Waals surface area contributed by atoms with Crippen molar-refractivity contribution in [2.45, 2.75) is 44.4 Å². The van der Waals surface area contributed by atoms with E-state index in [1.54, 1.807) is 6.92 Å². The topological polar surface area (TPSA) is 71.8 Å². The Morgan fingerprint density at radius 3 is 2.08 bits per heavy atom. The number of amides is 1. The Labute approximate surface area is 156 Å². The van der Waals surface area contributed by atoms with E-state index in [1.165, 1.54) is 4.31 Å². The molecular formula is C18H29N3O4S. The van der Waals surface area contributed by atoms with E-state index in [0.717, 1.165) is 25.7 Å². The zero-order valence-corrected chi connectivity index (χ0v) is 16.8. The summed E-state index contributed by atoms with van der Waals surface area (Å²) in [6.45, 7) is 6.43. The van der Waals surface area contributed by atoms with Gasteiger partial charge in [0, 0.05) is 44.6 Å². The highest BCUT2D eigenvalue weighted by Crippen LogP contribution is 2.31. The molecule has 1 aromatic heterocycles. The van der Waals surface area contributed by atoms with E-state index >= 15 is 0 Å². The second kappa shape index (κ2) is 7.70. The van der Waals surface area contributed by atoms with Crippen LogP contribution >= 0.6 is 0 Å². The lowest BCUT2D eigenvalue weighted by Gasteiger charge is -2.27. The van der Waals surface area contributed by atoms with Gasteiger partial charge in [0.1, 0.15) is 4.90 Å². The molecule has 26 heavy (non-hydrogen) atoms. The van der Waals surface area contributed by atoms with Gasteiger partial charge >= 0.3 is 0 Å². The summed E-state index contributed by atoms with van der Waals surface area (Å²) < 4.78 is 35.2. The first kappa shape index (κ1) is 19.4. The largest absolute Gasteiger partial charge is 0.379 e. The summed E-state index contributed by atoms with van der Waals surface area (Å²) in [4.78, 5) is 15.3. The number of nitrogens with zero attached hydrogens (tertiary/aromatic N) is 3. The second-order valence-corrected chi connectivity index (χ2v) is 9.03. The Hall–Kier alpha value is -1.38. The number of aromatic nitrogens is 1. The van der Waals surface area contributed by atoms with Crippen LogP contribution in [0.2, 0.25) is 0 Å². The Morgan fingerprint density at radius 1 is 0.923 bits per heavy atom. The molecule has 0 saturated carbocycles. The van der Waals surface area contributed by atoms with Gasteiger partial charge in [-0.25, -0.2) is 8.42 Å². The highest BCUT2D eigenvalue weighted by Gasteiger charge is 2.36. The molecule has 0 N–H and O–H groups in total. The summed E-state index contributed by atoms with van der Waals surface area (Å²) in [6.07, 6.45) is 4.19. The zero-order valence-electron chi connectivity index (χ0n) is 16.0. The number of hydrogen-bond donors (Lipinski definition) is 0. The number of carbonyl (C=O) groups excluding carboxylic acids is 1. The van der Waals surface area contributed by atoms with Crippen molar-refractivity contribution in [2.75, 3.05) is 39.4 Å². The molecule has 8 heteroatoms. The molecule has 0 radical (unpaired) electrons. The van der Waals surface area contributed by atoms with Crippen molar-refractivity contribution >= 4 is 15.9 Å². The molecule has 0 aromatic carbocycles. The van der Waals surface area contributed by atoms with Gasteiger partial charge in [-0.1, -0.05) is 12.8 Å². The molecule has 0 atom stereocenters. The van der Waals surface area contributed by atoms with Crippen molar-refractivity contribution < 1.29 is 17.9 Å². The first-order chi connectivity index (χ1) is 12.4. The quantitative estimate of drug-likeness (QED) is 0.796. The minimum Gasteiger partial charge on any atom is -0.379 e. The highest BCUT2D eigenvalue weighted by atomic mass is 32.2. The molecule has 0 aliphatic carbocycles. The molecular weight excluding hydrogens is 354 g/mol. The third-order valence-corrected chi connectivity index (χ3v) is 7.66. The molecule has 0 spiro atoms. The molecule has 1 aromatic rings. The van der Waals surface area contributed by atoms with Crippen molar-refractivity contribution in [3.8, 4) is 0 Å². The molecule has 1 amide bonds. The lowest BCUT2D eigenvalue weighted by molar-refractivity contribution is 0.0725. The van der Waals surface area contributed by atoms with E-state index in [9.17, 15) is 13.2 Å². The van der Waals surface area contributed by atoms with Crippen LogP contribution in [0, 0.1) is 13.8 Å². The van der Waals surface area contributed by atoms with Crippen LogP contribution in [-0.2, 0) is 21.8 Å². The number of rotatable bonds is 3. The fourth-order valence-corrected chi connectivity index (χ4v) is 5.72. The van der Waals surface area contributed by atoms with Crippen molar-refractivity contribution in [1.29, 1.82) is 0 Å². The Bertz CT molecular complexity index is 771. The fourth-order valence-electron chi connectivity index (χ4n) is 3.83. The Balaban J connectivity index is 2.05. The van der Waals surface area contributed by atoms with Gasteiger partial charge < -0.3 is 14.2 Å². The third kappa shape index (κ3) is 3.42. The maximum Gasteiger partial charge on any atom is 0.257 e. The van der Waals surface area contributed by atoms with Crippen LogP contribution in [0.4, 0.5) is 0 Å². The number of morpholine rings is 1. The number of ether oxygens (including phenoxy) is 1. The maximum absolute atomic E-state index is 13.3. The lowest BCUT2D eigenvalue weighted by Crippen LogP contribution is -2.41. The van der Waals surface area contributed by atoms with Crippen molar-refractivity contribution in [3.63, 3.8) is 0 Å². The van der Waals surface area contributed by atoms with Gasteiger partial charge in [0.05, 0.1) is 18.8 Å². The van der Waals surface area contributed by atoms with Crippen LogP contribution in [0.15, 0.2) is 4.90 Å². The van der Waals surface area contributed by atoms with Crippen LogP contribution in [0.1, 0.15) is 47.4 Å². The highest BCUT2D eigenvalue weighted by molar-refractivity contribution is 7.89. The van der Waals surface area contributed by atoms with Crippen LogP contribution in [0.5, 0.6) is 0 Å². The van der Waals surface area contributed by atoms with Gasteiger partial charge in [-0.3, -0.25) is 4.79 Å². The summed E-state index contributed by atoms with van der Waals surface area (Å²) in [5.74, 6) is -0.153. The third-order valence-electron chi connectivity index (χ3n) is 5.60. The van der Waals surface area contributed by atoms with Gasteiger partial charge in [-0.05, 0) is 26.7 Å². The monoisotopic (exact) mass is 383 g/mol. The molecule has 2 fully saturated rings. The molecule has 146 valence electrons. The summed E-state index contributed by atoms with van der Waals surface area (Å²) in [5, 5.41) is 0. The molecule has 0 unspecified atom stereocenters. The normalized spacial score (nSPS) is 20.2. The molecule has 3 rings (SSSR count). The van der Waals surface area contributed by atoms with Crippen LogP contribution in [0.3, 0.4) is 0 Å². The molecule has 3 heterocycles. The number of likely N-dealkylation sites (tertiary alicyclic amines) is 1. The first-order valence-electron chi connectivity index (χ1n) is 9.38. The average Bonchev–Trinajstić information content (AvgIpc) is 2.84. The summed E-state index contributed by atoms with van der Waals surface area (Å²) >= 11 is 0. The van der Waals surface area contributed by atoms with E-state index in [2.05, 4.69) is 0 Å². The van der Waals surface area contributed by atoms with Gasteiger partial charge in [0.2, 0.25) is 10.0 Å². The standard InChI is InChI=1S/C18H29N3O4S/c1-14-16(18(22)20-8-6-4-5-7-9-20)17(15(2)19(14)3)26(23,24)21-10-12-25-13-11-21/h4-13H2,1-3H3. The molecule has 7 nitrogen and oxygen atoms in total. The van der Waals surface area contributed by atoms with E-state index in [1.807, 2.05) is 23.4 Å². The number of sulfonamides is 1. The van der Waals surface area contributed by atoms with Crippen molar-refractivity contribution in [3.05, 3.63) is 17.0 Å². The van der Waals surface area contributed by atoms with E-state index < -0.39 is 10.0 Å². The summed E-state index contributed by atoms with van der Waals surface area (Å²) in [6, 6.07) is 0. The van der Waals surface area contributed by atoms with E-state index in [0.29, 0.717) is 56.3 Å². The van der Waals surface area contributed by atoms with Crippen molar-refractivity contribution in [1.82, 2.24) is 13.8 Å². The first-order valence-corrected chi connectivity index (χ1v) is 10.8. The molecule has 2 saturated heterocycles. The van der Waals surface area contributed by atoms with Gasteiger partial charge in [0.25, 0.3) is 5.91 Å². The Morgan fingerprint density at radius 2 is 1.50 bits per heavy atom. The van der Waals surface area contributed by atoms with Crippen LogP contribution < -0.4 is 0 Å². The van der Waals surface area contributed by atoms with E-state index in [-0.39, 0.29) is 10.8 Å². The smallest absolute Gasteiger partial charge is 0.257 e. The SMILES string of the molecule is Cc1c(C(=O)N2CCCCCC2)c(S(=O)(=O)N2CCOCC2)c(C)n1C. The van der Waals surface area contributed by atoms with Gasteiger partial charge in [-0.15, -0.1) is 0 Å². The zero-order chi connectivity index (χ0) is 18.9.